The summed E-state index contributed by atoms with van der Waals surface area (Å²) in [6, 6.07) is 11.6. The van der Waals surface area contributed by atoms with Gasteiger partial charge in [0.05, 0.1) is 16.1 Å². The molecule has 2 N–H and O–H groups in total. The summed E-state index contributed by atoms with van der Waals surface area (Å²) in [4.78, 5) is 48.0. The van der Waals surface area contributed by atoms with Gasteiger partial charge in [0.1, 0.15) is 6.61 Å². The highest BCUT2D eigenvalue weighted by Crippen LogP contribution is 2.27. The van der Waals surface area contributed by atoms with E-state index in [1.165, 1.54) is 24.3 Å². The Morgan fingerprint density at radius 3 is 2.23 bits per heavy atom. The second-order valence-electron chi connectivity index (χ2n) is 9.62. The minimum atomic E-state index is -4.27. The summed E-state index contributed by atoms with van der Waals surface area (Å²) in [5, 5.41) is 25.4. The summed E-state index contributed by atoms with van der Waals surface area (Å²) in [5.74, 6) is -0.769. The molecule has 1 aliphatic rings. The van der Waals surface area contributed by atoms with Crippen LogP contribution in [0.4, 0.5) is 10.5 Å². The van der Waals surface area contributed by atoms with Gasteiger partial charge in [-0.05, 0) is 43.9 Å². The second kappa shape index (κ2) is 15.9. The first-order valence-corrected chi connectivity index (χ1v) is 15.2. The normalized spacial score (nSPS) is 13.0. The average molecular weight is 618 g/mol. The maximum absolute atomic E-state index is 13.5. The first-order chi connectivity index (χ1) is 20.6. The summed E-state index contributed by atoms with van der Waals surface area (Å²) in [6.07, 6.45) is 2.03. The maximum atomic E-state index is 13.5. The molecule has 0 saturated heterocycles. The molecule has 3 amide bonds. The van der Waals surface area contributed by atoms with Gasteiger partial charge in [-0.1, -0.05) is 36.9 Å². The molecule has 1 aliphatic heterocycles. The van der Waals surface area contributed by atoms with Gasteiger partial charge in [0, 0.05) is 45.3 Å². The van der Waals surface area contributed by atoms with Gasteiger partial charge in [0.2, 0.25) is 10.0 Å². The van der Waals surface area contributed by atoms with Crippen LogP contribution in [0.3, 0.4) is 0 Å². The smallest absolute Gasteiger partial charge is 0.407 e. The molecule has 2 aromatic carbocycles. The van der Waals surface area contributed by atoms with Crippen molar-refractivity contribution in [2.45, 2.75) is 30.6 Å². The van der Waals surface area contributed by atoms with Crippen molar-refractivity contribution in [3.8, 4) is 0 Å². The Balaban J connectivity index is 1.54. The van der Waals surface area contributed by atoms with Crippen molar-refractivity contribution in [2.24, 2.45) is 0 Å². The molecule has 232 valence electrons. The van der Waals surface area contributed by atoms with Crippen LogP contribution in [0.1, 0.15) is 46.4 Å². The van der Waals surface area contributed by atoms with Crippen LogP contribution in [0.5, 0.6) is 0 Å². The summed E-state index contributed by atoms with van der Waals surface area (Å²) >= 11 is 0. The Labute approximate surface area is 249 Å². The number of ether oxygens (including phenoxy) is 1. The summed E-state index contributed by atoms with van der Waals surface area (Å²) in [7, 11) is -4.27. The Morgan fingerprint density at radius 2 is 1.58 bits per heavy atom. The number of carbonyl (C=O) groups excluding carboxylic acids is 3. The zero-order valence-corrected chi connectivity index (χ0v) is 24.4. The van der Waals surface area contributed by atoms with Crippen LogP contribution in [-0.2, 0) is 14.8 Å². The van der Waals surface area contributed by atoms with E-state index in [9.17, 15) is 38.1 Å². The molecule has 3 rings (SSSR count). The first-order valence-electron chi connectivity index (χ1n) is 13.7. The molecule has 0 radical (unpaired) electrons. The van der Waals surface area contributed by atoms with E-state index in [-0.39, 0.29) is 64.1 Å². The summed E-state index contributed by atoms with van der Waals surface area (Å²) in [6.45, 7) is 4.01. The molecular weight excluding hydrogens is 582 g/mol. The number of carbonyl (C=O) groups is 3. The maximum Gasteiger partial charge on any atom is 0.407 e. The molecule has 15 heteroatoms. The van der Waals surface area contributed by atoms with Gasteiger partial charge in [-0.3, -0.25) is 24.6 Å². The molecule has 0 aromatic heterocycles. The Hall–Kier alpha value is -4.18. The highest BCUT2D eigenvalue weighted by atomic mass is 32.2. The number of imide groups is 1. The van der Waals surface area contributed by atoms with E-state index in [0.717, 1.165) is 20.3 Å². The van der Waals surface area contributed by atoms with Gasteiger partial charge in [-0.2, -0.15) is 9.37 Å². The van der Waals surface area contributed by atoms with E-state index in [1.54, 1.807) is 24.3 Å². The molecule has 14 nitrogen and oxygen atoms in total. The molecular formula is C28H35N5O9S. The predicted octanol–water partition coefficient (Wildman–Crippen LogP) is 3.05. The van der Waals surface area contributed by atoms with E-state index < -0.39 is 31.6 Å². The van der Waals surface area contributed by atoms with Crippen molar-refractivity contribution in [3.63, 3.8) is 0 Å². The number of fused-ring (bicyclic) bond motifs is 1. The minimum absolute atomic E-state index is 0.0168. The van der Waals surface area contributed by atoms with Crippen molar-refractivity contribution in [1.82, 2.24) is 19.6 Å². The molecule has 43 heavy (non-hydrogen) atoms. The van der Waals surface area contributed by atoms with Gasteiger partial charge in [0.15, 0.2) is 4.90 Å². The topological polar surface area (TPSA) is 180 Å². The van der Waals surface area contributed by atoms with Crippen LogP contribution >= 0.6 is 0 Å². The first kappa shape index (κ1) is 33.3. The number of benzene rings is 2. The number of hydrogen-bond donors (Lipinski definition) is 2. The number of nitrogens with zero attached hydrogens (tertiary/aromatic N) is 4. The van der Waals surface area contributed by atoms with E-state index in [2.05, 4.69) is 11.9 Å². The molecule has 0 spiro atoms. The fourth-order valence-electron chi connectivity index (χ4n) is 4.50. The van der Waals surface area contributed by atoms with E-state index in [1.807, 2.05) is 0 Å². The monoisotopic (exact) mass is 617 g/mol. The molecule has 2 aromatic rings. The highest BCUT2D eigenvalue weighted by Gasteiger charge is 2.35. The van der Waals surface area contributed by atoms with Crippen molar-refractivity contribution in [3.05, 3.63) is 82.4 Å². The van der Waals surface area contributed by atoms with Crippen molar-refractivity contribution in [2.75, 3.05) is 45.9 Å². The molecule has 0 atom stereocenters. The van der Waals surface area contributed by atoms with E-state index >= 15 is 0 Å². The largest absolute Gasteiger partial charge is 0.445 e. The average Bonchev–Trinajstić information content (AvgIpc) is 3.23. The third kappa shape index (κ3) is 8.90. The van der Waals surface area contributed by atoms with Crippen molar-refractivity contribution in [1.29, 1.82) is 0 Å². The lowest BCUT2D eigenvalue weighted by atomic mass is 10.1. The number of nitrogens with one attached hydrogen (secondary N) is 1. The lowest BCUT2D eigenvalue weighted by Crippen LogP contribution is -2.36. The SMILES string of the molecule is C=CCOC(=O)NCCCCN(CCCN(O)CCCN1C(=O)c2ccccc2C1=O)S(=O)(=O)c1ccccc1[N+](=O)[O-]. The number of amides is 3. The number of nitro benzene ring substituents is 1. The van der Waals surface area contributed by atoms with Gasteiger partial charge >= 0.3 is 6.09 Å². The molecule has 1 heterocycles. The lowest BCUT2D eigenvalue weighted by molar-refractivity contribution is -0.387. The highest BCUT2D eigenvalue weighted by molar-refractivity contribution is 7.89. The van der Waals surface area contributed by atoms with Crippen LogP contribution in [0.15, 0.2) is 66.1 Å². The Morgan fingerprint density at radius 1 is 0.977 bits per heavy atom. The zero-order valence-electron chi connectivity index (χ0n) is 23.6. The molecule has 0 saturated carbocycles. The summed E-state index contributed by atoms with van der Waals surface area (Å²) < 4.78 is 32.9. The number of para-hydroxylation sites is 1. The quantitative estimate of drug-likeness (QED) is 0.0830. The van der Waals surface area contributed by atoms with Crippen LogP contribution in [0.25, 0.3) is 0 Å². The van der Waals surface area contributed by atoms with Crippen LogP contribution in [0.2, 0.25) is 0 Å². The summed E-state index contributed by atoms with van der Waals surface area (Å²) in [5.41, 5.74) is 0.143. The fourth-order valence-corrected chi connectivity index (χ4v) is 6.18. The Kier molecular flexibility index (Phi) is 12.3. The Bertz CT molecular complexity index is 1400. The molecule has 0 bridgehead atoms. The second-order valence-corrected chi connectivity index (χ2v) is 11.5. The zero-order chi connectivity index (χ0) is 31.4. The number of unbranched alkanes of at least 4 members (excludes halogenated alkanes) is 1. The molecule has 0 aliphatic carbocycles. The van der Waals surface area contributed by atoms with Gasteiger partial charge in [-0.15, -0.1) is 0 Å². The standard InChI is InChI=1S/C28H35N5O9S/c1-2-21-42-28(36)29-15-7-8-18-31(43(40,41)25-14-6-5-13-24(25)33(38)39)19-9-16-30(37)17-10-20-32-26(34)22-11-3-4-12-23(22)27(32)35/h2-6,11-14,37H,1,7-10,15-21H2,(H,29,36). The van der Waals surface area contributed by atoms with Crippen molar-refractivity contribution < 1.29 is 37.7 Å². The number of alkyl carbamates (subject to hydrolysis) is 1. The third-order valence-corrected chi connectivity index (χ3v) is 8.56. The van der Waals surface area contributed by atoms with Gasteiger partial charge in [0.25, 0.3) is 17.5 Å². The number of nitro groups is 1. The van der Waals surface area contributed by atoms with E-state index in [0.29, 0.717) is 30.4 Å². The molecule has 0 unspecified atom stereocenters. The van der Waals surface area contributed by atoms with Crippen LogP contribution < -0.4 is 5.32 Å². The third-order valence-electron chi connectivity index (χ3n) is 6.62. The minimum Gasteiger partial charge on any atom is -0.445 e. The van der Waals surface area contributed by atoms with Crippen molar-refractivity contribution >= 4 is 33.6 Å². The van der Waals surface area contributed by atoms with Crippen LogP contribution in [0, 0.1) is 10.1 Å². The van der Waals surface area contributed by atoms with Gasteiger partial charge in [-0.25, -0.2) is 13.2 Å². The predicted molar refractivity (Wildman–Crippen MR) is 155 cm³/mol. The number of hydrogen-bond acceptors (Lipinski definition) is 10. The number of rotatable bonds is 18. The van der Waals surface area contributed by atoms with Crippen LogP contribution in [-0.4, -0.2) is 96.6 Å². The molecule has 0 fully saturated rings. The van der Waals surface area contributed by atoms with Gasteiger partial charge < -0.3 is 15.3 Å². The lowest BCUT2D eigenvalue weighted by Gasteiger charge is -2.23. The fraction of sp³-hybridized carbons (Fsp3) is 0.393. The number of sulfonamides is 1. The van der Waals surface area contributed by atoms with E-state index in [4.69, 9.17) is 4.74 Å². The number of hydroxylamine groups is 2.